The van der Waals surface area contributed by atoms with Crippen LogP contribution >= 0.6 is 27.3 Å². The molecule has 0 bridgehead atoms. The lowest BCUT2D eigenvalue weighted by molar-refractivity contribution is 0.178. The van der Waals surface area contributed by atoms with Gasteiger partial charge in [0.2, 0.25) is 0 Å². The van der Waals surface area contributed by atoms with Crippen LogP contribution in [0.25, 0.3) is 0 Å². The maximum Gasteiger partial charge on any atom is 0.111 e. The van der Waals surface area contributed by atoms with Crippen molar-refractivity contribution < 1.29 is 5.11 Å². The van der Waals surface area contributed by atoms with Gasteiger partial charge in [-0.25, -0.2) is 4.98 Å². The van der Waals surface area contributed by atoms with E-state index in [0.29, 0.717) is 6.42 Å². The van der Waals surface area contributed by atoms with Gasteiger partial charge in [-0.1, -0.05) is 0 Å². The Bertz CT molecular complexity index is 466. The highest BCUT2D eigenvalue weighted by atomic mass is 79.9. The van der Waals surface area contributed by atoms with E-state index in [1.165, 1.54) is 0 Å². The minimum Gasteiger partial charge on any atom is -0.387 e. The second kappa shape index (κ2) is 5.12. The third kappa shape index (κ3) is 2.53. The third-order valence-corrected chi connectivity index (χ3v) is 4.23. The first kappa shape index (κ1) is 11.8. The van der Waals surface area contributed by atoms with Gasteiger partial charge in [0.05, 0.1) is 6.10 Å². The number of aliphatic hydroxyl groups is 1. The number of aryl methyl sites for hydroxylation is 1. The molecule has 2 rings (SSSR count). The molecule has 0 aliphatic rings. The van der Waals surface area contributed by atoms with Crippen LogP contribution in [0.15, 0.2) is 28.3 Å². The number of thiophene rings is 1. The summed E-state index contributed by atoms with van der Waals surface area (Å²) in [6.07, 6.45) is 3.81. The van der Waals surface area contributed by atoms with Gasteiger partial charge in [0.25, 0.3) is 0 Å². The zero-order valence-corrected chi connectivity index (χ0v) is 11.3. The van der Waals surface area contributed by atoms with Gasteiger partial charge in [0, 0.05) is 40.1 Å². The van der Waals surface area contributed by atoms with Gasteiger partial charge in [0.15, 0.2) is 0 Å². The lowest BCUT2D eigenvalue weighted by atomic mass is 10.2. The molecule has 2 aromatic heterocycles. The second-order valence-electron chi connectivity index (χ2n) is 3.52. The summed E-state index contributed by atoms with van der Waals surface area (Å²) in [6.45, 7) is 2.95. The van der Waals surface area contributed by atoms with Crippen molar-refractivity contribution >= 4 is 27.3 Å². The van der Waals surface area contributed by atoms with Crippen LogP contribution in [0.5, 0.6) is 0 Å². The van der Waals surface area contributed by atoms with Gasteiger partial charge in [0.1, 0.15) is 5.82 Å². The predicted molar refractivity (Wildman–Crippen MR) is 68.6 cm³/mol. The van der Waals surface area contributed by atoms with Crippen molar-refractivity contribution in [1.29, 1.82) is 0 Å². The Hall–Kier alpha value is -0.650. The summed E-state index contributed by atoms with van der Waals surface area (Å²) in [4.78, 5) is 5.23. The number of hydrogen-bond donors (Lipinski definition) is 1. The molecule has 1 unspecified atom stereocenters. The molecule has 16 heavy (non-hydrogen) atoms. The van der Waals surface area contributed by atoms with Crippen LogP contribution in [0.1, 0.15) is 23.7 Å². The standard InChI is InChI=1S/C11H13BrN2OS/c1-2-14-4-3-13-11(14)6-9(15)10-5-8(12)7-16-10/h3-5,7,9,15H,2,6H2,1H3. The minimum atomic E-state index is -0.469. The molecular formula is C11H13BrN2OS. The fourth-order valence-electron chi connectivity index (χ4n) is 1.59. The van der Waals surface area contributed by atoms with Gasteiger partial charge in [-0.15, -0.1) is 11.3 Å². The van der Waals surface area contributed by atoms with Crippen molar-refractivity contribution in [2.45, 2.75) is 26.0 Å². The monoisotopic (exact) mass is 300 g/mol. The summed E-state index contributed by atoms with van der Waals surface area (Å²) >= 11 is 4.94. The van der Waals surface area contributed by atoms with Gasteiger partial charge in [-0.3, -0.25) is 0 Å². The first-order valence-corrected chi connectivity index (χ1v) is 6.80. The highest BCUT2D eigenvalue weighted by Crippen LogP contribution is 2.27. The van der Waals surface area contributed by atoms with Crippen molar-refractivity contribution in [2.24, 2.45) is 0 Å². The number of rotatable bonds is 4. The normalized spacial score (nSPS) is 12.9. The van der Waals surface area contributed by atoms with Crippen molar-refractivity contribution in [3.63, 3.8) is 0 Å². The maximum atomic E-state index is 10.1. The molecule has 1 N–H and O–H groups in total. The van der Waals surface area contributed by atoms with Crippen molar-refractivity contribution in [3.8, 4) is 0 Å². The molecule has 2 aromatic rings. The first-order chi connectivity index (χ1) is 7.70. The summed E-state index contributed by atoms with van der Waals surface area (Å²) in [5, 5.41) is 12.0. The first-order valence-electron chi connectivity index (χ1n) is 5.12. The number of aromatic nitrogens is 2. The Morgan fingerprint density at radius 3 is 3.06 bits per heavy atom. The molecular weight excluding hydrogens is 288 g/mol. The highest BCUT2D eigenvalue weighted by Gasteiger charge is 2.13. The van der Waals surface area contributed by atoms with E-state index >= 15 is 0 Å². The number of hydrogen-bond acceptors (Lipinski definition) is 3. The van der Waals surface area contributed by atoms with E-state index in [-0.39, 0.29) is 0 Å². The Morgan fingerprint density at radius 2 is 2.44 bits per heavy atom. The molecule has 86 valence electrons. The average molecular weight is 301 g/mol. The lowest BCUT2D eigenvalue weighted by Gasteiger charge is -2.09. The Balaban J connectivity index is 2.10. The fourth-order valence-corrected chi connectivity index (χ4v) is 3.03. The Labute approximate surface area is 107 Å². The van der Waals surface area contributed by atoms with Crippen LogP contribution in [0.4, 0.5) is 0 Å². The minimum absolute atomic E-state index is 0.469. The zero-order chi connectivity index (χ0) is 11.5. The SMILES string of the molecule is CCn1ccnc1CC(O)c1cc(Br)cs1. The van der Waals surface area contributed by atoms with Crippen LogP contribution in [-0.4, -0.2) is 14.7 Å². The third-order valence-electron chi connectivity index (χ3n) is 2.43. The van der Waals surface area contributed by atoms with Crippen molar-refractivity contribution in [3.05, 3.63) is 39.0 Å². The highest BCUT2D eigenvalue weighted by molar-refractivity contribution is 9.10. The topological polar surface area (TPSA) is 38.0 Å². The lowest BCUT2D eigenvalue weighted by Crippen LogP contribution is -2.07. The van der Waals surface area contributed by atoms with E-state index in [1.54, 1.807) is 17.5 Å². The molecule has 0 saturated heterocycles. The molecule has 0 saturated carbocycles. The molecule has 0 amide bonds. The summed E-state index contributed by atoms with van der Waals surface area (Å²) in [5.41, 5.74) is 0. The summed E-state index contributed by atoms with van der Waals surface area (Å²) in [5.74, 6) is 0.930. The fraction of sp³-hybridized carbons (Fsp3) is 0.364. The molecule has 0 aromatic carbocycles. The van der Waals surface area contributed by atoms with Crippen molar-refractivity contribution in [2.75, 3.05) is 0 Å². The van der Waals surface area contributed by atoms with E-state index in [0.717, 1.165) is 21.7 Å². The average Bonchev–Trinajstić information content (AvgIpc) is 2.86. The number of nitrogens with zero attached hydrogens (tertiary/aromatic N) is 2. The number of aliphatic hydroxyl groups excluding tert-OH is 1. The smallest absolute Gasteiger partial charge is 0.111 e. The van der Waals surface area contributed by atoms with E-state index in [2.05, 4.69) is 27.8 Å². The quantitative estimate of drug-likeness (QED) is 0.942. The molecule has 5 heteroatoms. The predicted octanol–water partition coefficient (Wildman–Crippen LogP) is 3.00. The number of imidazole rings is 1. The van der Waals surface area contributed by atoms with Crippen molar-refractivity contribution in [1.82, 2.24) is 9.55 Å². The van der Waals surface area contributed by atoms with Gasteiger partial charge in [-0.05, 0) is 28.9 Å². The number of halogens is 1. The largest absolute Gasteiger partial charge is 0.387 e. The summed E-state index contributed by atoms with van der Waals surface area (Å²) in [6, 6.07) is 1.95. The van der Waals surface area contributed by atoms with E-state index in [1.807, 2.05) is 22.2 Å². The maximum absolute atomic E-state index is 10.1. The molecule has 3 nitrogen and oxygen atoms in total. The molecule has 0 aliphatic heterocycles. The molecule has 1 atom stereocenters. The van der Waals surface area contributed by atoms with Gasteiger partial charge >= 0.3 is 0 Å². The van der Waals surface area contributed by atoms with E-state index in [9.17, 15) is 5.11 Å². The molecule has 0 spiro atoms. The van der Waals surface area contributed by atoms with Gasteiger partial charge < -0.3 is 9.67 Å². The van der Waals surface area contributed by atoms with Crippen LogP contribution in [0, 0.1) is 0 Å². The van der Waals surface area contributed by atoms with E-state index < -0.39 is 6.10 Å². The molecule has 0 aliphatic carbocycles. The molecule has 0 fully saturated rings. The molecule has 0 radical (unpaired) electrons. The second-order valence-corrected chi connectivity index (χ2v) is 5.38. The van der Waals surface area contributed by atoms with Crippen LogP contribution in [0.3, 0.4) is 0 Å². The van der Waals surface area contributed by atoms with E-state index in [4.69, 9.17) is 0 Å². The Kier molecular flexibility index (Phi) is 3.78. The van der Waals surface area contributed by atoms with Crippen LogP contribution in [-0.2, 0) is 13.0 Å². The molecule has 2 heterocycles. The summed E-state index contributed by atoms with van der Waals surface area (Å²) < 4.78 is 3.07. The van der Waals surface area contributed by atoms with Crippen LogP contribution in [0.2, 0.25) is 0 Å². The zero-order valence-electron chi connectivity index (χ0n) is 8.93. The summed E-state index contributed by atoms with van der Waals surface area (Å²) in [7, 11) is 0. The van der Waals surface area contributed by atoms with Gasteiger partial charge in [-0.2, -0.15) is 0 Å². The van der Waals surface area contributed by atoms with Crippen LogP contribution < -0.4 is 0 Å². The Morgan fingerprint density at radius 1 is 1.62 bits per heavy atom.